The van der Waals surface area contributed by atoms with E-state index in [1.165, 1.54) is 4.90 Å². The van der Waals surface area contributed by atoms with Gasteiger partial charge in [-0.1, -0.05) is 0 Å². The predicted octanol–water partition coefficient (Wildman–Crippen LogP) is 1.03. The number of fused-ring (bicyclic) bond motifs is 1. The molecule has 0 radical (unpaired) electrons. The van der Waals surface area contributed by atoms with E-state index in [0.29, 0.717) is 32.7 Å². The highest BCUT2D eigenvalue weighted by atomic mass is 16.6. The Morgan fingerprint density at radius 2 is 2.14 bits per heavy atom. The molecule has 3 aliphatic heterocycles. The number of nitrogens with zero attached hydrogens (tertiary/aromatic N) is 3. The molecule has 116 valence electrons. The minimum atomic E-state index is -0.672. The Kier molecular flexibility index (Phi) is 3.30. The lowest BCUT2D eigenvalue weighted by atomic mass is 9.99. The fraction of sp³-hybridized carbons (Fsp3) is 0.786. The van der Waals surface area contributed by atoms with Gasteiger partial charge in [-0.25, -0.2) is 9.59 Å². The molecule has 0 bridgehead atoms. The number of amides is 4. The van der Waals surface area contributed by atoms with Gasteiger partial charge in [0.15, 0.2) is 0 Å². The number of hydrogen-bond acceptors (Lipinski definition) is 4. The van der Waals surface area contributed by atoms with Gasteiger partial charge in [-0.05, 0) is 33.1 Å². The van der Waals surface area contributed by atoms with E-state index >= 15 is 0 Å². The number of ether oxygens (including phenoxy) is 1. The largest absolute Gasteiger partial charge is 0.450 e. The van der Waals surface area contributed by atoms with Crippen LogP contribution in [0.4, 0.5) is 9.59 Å². The summed E-state index contributed by atoms with van der Waals surface area (Å²) in [6.45, 7) is 5.48. The first-order valence-corrected chi connectivity index (χ1v) is 7.56. The van der Waals surface area contributed by atoms with Crippen molar-refractivity contribution < 1.29 is 19.1 Å². The van der Waals surface area contributed by atoms with Crippen LogP contribution in [0.1, 0.15) is 33.1 Å². The molecule has 0 aromatic heterocycles. The summed E-state index contributed by atoms with van der Waals surface area (Å²) in [7, 11) is 0. The van der Waals surface area contributed by atoms with E-state index in [0.717, 1.165) is 12.8 Å². The molecule has 2 atom stereocenters. The SMILES string of the molecule is CCOC(=O)N1CC[C@@H](N2C(=O)N3CCC[C@]3(C)C2=O)C1. The first kappa shape index (κ1) is 14.2. The van der Waals surface area contributed by atoms with Gasteiger partial charge in [-0.2, -0.15) is 0 Å². The summed E-state index contributed by atoms with van der Waals surface area (Å²) in [5, 5.41) is 0. The zero-order valence-corrected chi connectivity index (χ0v) is 12.5. The molecule has 0 aromatic carbocycles. The molecule has 7 nitrogen and oxygen atoms in total. The Labute approximate surface area is 123 Å². The summed E-state index contributed by atoms with van der Waals surface area (Å²) >= 11 is 0. The van der Waals surface area contributed by atoms with Crippen LogP contribution in [0.25, 0.3) is 0 Å². The van der Waals surface area contributed by atoms with Gasteiger partial charge >= 0.3 is 12.1 Å². The van der Waals surface area contributed by atoms with Crippen molar-refractivity contribution in [3.8, 4) is 0 Å². The normalized spacial score (nSPS) is 32.1. The quantitative estimate of drug-likeness (QED) is 0.714. The molecule has 3 rings (SSSR count). The topological polar surface area (TPSA) is 70.2 Å². The van der Waals surface area contributed by atoms with E-state index in [-0.39, 0.29) is 24.1 Å². The van der Waals surface area contributed by atoms with Crippen molar-refractivity contribution in [1.82, 2.24) is 14.7 Å². The van der Waals surface area contributed by atoms with Crippen molar-refractivity contribution in [2.45, 2.75) is 44.7 Å². The van der Waals surface area contributed by atoms with Crippen molar-refractivity contribution in [2.24, 2.45) is 0 Å². The third-order valence-corrected chi connectivity index (χ3v) is 4.81. The van der Waals surface area contributed by atoms with Crippen LogP contribution in [-0.2, 0) is 9.53 Å². The molecule has 0 saturated carbocycles. The van der Waals surface area contributed by atoms with Crippen molar-refractivity contribution in [2.75, 3.05) is 26.2 Å². The summed E-state index contributed by atoms with van der Waals surface area (Å²) in [4.78, 5) is 41.5. The molecule has 0 aliphatic carbocycles. The molecule has 4 amide bonds. The van der Waals surface area contributed by atoms with E-state index < -0.39 is 5.54 Å². The maximum Gasteiger partial charge on any atom is 0.409 e. The zero-order valence-electron chi connectivity index (χ0n) is 12.5. The Morgan fingerprint density at radius 3 is 2.81 bits per heavy atom. The first-order chi connectivity index (χ1) is 9.99. The van der Waals surface area contributed by atoms with Crippen molar-refractivity contribution in [3.63, 3.8) is 0 Å². The molecule has 7 heteroatoms. The molecule has 3 fully saturated rings. The Balaban J connectivity index is 1.73. The number of likely N-dealkylation sites (tertiary alicyclic amines) is 1. The van der Waals surface area contributed by atoms with E-state index in [4.69, 9.17) is 4.74 Å². The highest BCUT2D eigenvalue weighted by Gasteiger charge is 2.58. The summed E-state index contributed by atoms with van der Waals surface area (Å²) in [6, 6.07) is -0.424. The van der Waals surface area contributed by atoms with Crippen LogP contribution in [0.3, 0.4) is 0 Å². The second-order valence-electron chi connectivity index (χ2n) is 6.07. The lowest BCUT2D eigenvalue weighted by molar-refractivity contribution is -0.133. The van der Waals surface area contributed by atoms with Gasteiger partial charge in [0.2, 0.25) is 0 Å². The molecule has 3 saturated heterocycles. The number of urea groups is 1. The van der Waals surface area contributed by atoms with Crippen molar-refractivity contribution in [3.05, 3.63) is 0 Å². The number of carbonyl (C=O) groups is 3. The minimum Gasteiger partial charge on any atom is -0.450 e. The summed E-state index contributed by atoms with van der Waals surface area (Å²) in [6.07, 6.45) is 1.86. The zero-order chi connectivity index (χ0) is 15.2. The summed E-state index contributed by atoms with van der Waals surface area (Å²) in [5.74, 6) is -0.110. The highest BCUT2D eigenvalue weighted by molar-refractivity contribution is 6.07. The predicted molar refractivity (Wildman–Crippen MR) is 73.6 cm³/mol. The van der Waals surface area contributed by atoms with E-state index in [1.54, 1.807) is 16.7 Å². The van der Waals surface area contributed by atoms with Crippen LogP contribution >= 0.6 is 0 Å². The molecule has 21 heavy (non-hydrogen) atoms. The molecule has 0 N–H and O–H groups in total. The molecule has 0 aromatic rings. The fourth-order valence-electron chi connectivity index (χ4n) is 3.62. The van der Waals surface area contributed by atoms with Crippen LogP contribution in [0.5, 0.6) is 0 Å². The van der Waals surface area contributed by atoms with Gasteiger partial charge in [0.1, 0.15) is 5.54 Å². The molecular weight excluding hydrogens is 274 g/mol. The minimum absolute atomic E-state index is 0.110. The van der Waals surface area contributed by atoms with Crippen LogP contribution in [-0.4, -0.2) is 70.6 Å². The number of hydrogen-bond donors (Lipinski definition) is 0. The second-order valence-corrected chi connectivity index (χ2v) is 6.07. The monoisotopic (exact) mass is 295 g/mol. The van der Waals surface area contributed by atoms with Gasteiger partial charge in [0.05, 0.1) is 12.6 Å². The Hall–Kier alpha value is -1.79. The molecule has 0 spiro atoms. The first-order valence-electron chi connectivity index (χ1n) is 7.56. The van der Waals surface area contributed by atoms with Crippen LogP contribution in [0.2, 0.25) is 0 Å². The lowest BCUT2D eigenvalue weighted by Gasteiger charge is -2.23. The average Bonchev–Trinajstić information content (AvgIpc) is 3.10. The Bertz CT molecular complexity index is 495. The Morgan fingerprint density at radius 1 is 1.38 bits per heavy atom. The molecular formula is C14H21N3O4. The lowest BCUT2D eigenvalue weighted by Crippen LogP contribution is -2.45. The standard InChI is InChI=1S/C14H21N3O4/c1-3-21-13(20)15-8-5-10(9-15)17-11(18)14(2)6-4-7-16(14)12(17)19/h10H,3-9H2,1-2H3/t10-,14-/m1/s1. The van der Waals surface area contributed by atoms with Gasteiger partial charge in [-0.3, -0.25) is 9.69 Å². The number of rotatable bonds is 2. The summed E-state index contributed by atoms with van der Waals surface area (Å²) < 4.78 is 4.97. The third-order valence-electron chi connectivity index (χ3n) is 4.81. The fourth-order valence-corrected chi connectivity index (χ4v) is 3.62. The average molecular weight is 295 g/mol. The van der Waals surface area contributed by atoms with Gasteiger partial charge in [0, 0.05) is 19.6 Å². The van der Waals surface area contributed by atoms with E-state index in [2.05, 4.69) is 0 Å². The number of carbonyl (C=O) groups excluding carboxylic acids is 3. The van der Waals surface area contributed by atoms with Crippen LogP contribution in [0, 0.1) is 0 Å². The highest BCUT2D eigenvalue weighted by Crippen LogP contribution is 2.39. The molecule has 3 heterocycles. The van der Waals surface area contributed by atoms with Crippen LogP contribution in [0.15, 0.2) is 0 Å². The van der Waals surface area contributed by atoms with Crippen molar-refractivity contribution >= 4 is 18.0 Å². The third kappa shape index (κ3) is 1.98. The maximum atomic E-state index is 12.6. The molecule has 0 unspecified atom stereocenters. The van der Waals surface area contributed by atoms with Gasteiger partial charge < -0.3 is 14.5 Å². The molecule has 3 aliphatic rings. The number of imide groups is 1. The van der Waals surface area contributed by atoms with E-state index in [1.807, 2.05) is 6.92 Å². The van der Waals surface area contributed by atoms with Crippen molar-refractivity contribution in [1.29, 1.82) is 0 Å². The van der Waals surface area contributed by atoms with Gasteiger partial charge in [0.25, 0.3) is 5.91 Å². The maximum absolute atomic E-state index is 12.6. The second kappa shape index (κ2) is 4.89. The van der Waals surface area contributed by atoms with Crippen LogP contribution < -0.4 is 0 Å². The van der Waals surface area contributed by atoms with Gasteiger partial charge in [-0.15, -0.1) is 0 Å². The smallest absolute Gasteiger partial charge is 0.409 e. The van der Waals surface area contributed by atoms with E-state index in [9.17, 15) is 14.4 Å². The summed E-state index contributed by atoms with van der Waals surface area (Å²) in [5.41, 5.74) is -0.672.